The van der Waals surface area contributed by atoms with Crippen LogP contribution < -0.4 is 10.5 Å². The first-order valence-electron chi connectivity index (χ1n) is 4.43. The molecule has 0 aliphatic heterocycles. The normalized spacial score (nSPS) is 11.6. The Labute approximate surface area is 89.9 Å². The van der Waals surface area contributed by atoms with E-state index < -0.39 is 13.0 Å². The van der Waals surface area contributed by atoms with Crippen LogP contribution >= 0.6 is 0 Å². The van der Waals surface area contributed by atoms with Gasteiger partial charge in [0, 0.05) is 18.2 Å². The summed E-state index contributed by atoms with van der Waals surface area (Å²) in [5.74, 6) is -0.382. The first-order valence-corrected chi connectivity index (χ1v) is 4.43. The summed E-state index contributed by atoms with van der Waals surface area (Å²) in [7, 11) is 0. The summed E-state index contributed by atoms with van der Waals surface area (Å²) >= 11 is 0. The van der Waals surface area contributed by atoms with Gasteiger partial charge in [0.2, 0.25) is 0 Å². The van der Waals surface area contributed by atoms with Gasteiger partial charge in [-0.25, -0.2) is 0 Å². The topological polar surface area (TPSA) is 68.4 Å². The van der Waals surface area contributed by atoms with Crippen LogP contribution in [0.15, 0.2) is 6.07 Å². The summed E-state index contributed by atoms with van der Waals surface area (Å²) in [4.78, 5) is 3.88. The molecule has 3 N–H and O–H groups in total. The first-order chi connectivity index (χ1) is 7.37. The van der Waals surface area contributed by atoms with Crippen LogP contribution in [0.25, 0.3) is 0 Å². The summed E-state index contributed by atoms with van der Waals surface area (Å²) in [6.07, 6.45) is -4.77. The van der Waals surface area contributed by atoms with Crippen LogP contribution in [0.1, 0.15) is 17.0 Å². The van der Waals surface area contributed by atoms with Gasteiger partial charge in [0.15, 0.2) is 0 Å². The zero-order valence-electron chi connectivity index (χ0n) is 8.51. The largest absolute Gasteiger partial charge is 0.573 e. The van der Waals surface area contributed by atoms with E-state index in [-0.39, 0.29) is 29.2 Å². The summed E-state index contributed by atoms with van der Waals surface area (Å²) in [6.45, 7) is 0.937. The number of hydrogen-bond donors (Lipinski definition) is 2. The molecule has 4 nitrogen and oxygen atoms in total. The Hall–Kier alpha value is -1.34. The second kappa shape index (κ2) is 4.67. The Bertz CT molecular complexity index is 380. The molecule has 1 aromatic heterocycles. The van der Waals surface area contributed by atoms with Gasteiger partial charge in [-0.15, -0.1) is 13.2 Å². The number of aromatic nitrogens is 1. The van der Waals surface area contributed by atoms with E-state index in [0.717, 1.165) is 6.07 Å². The molecule has 0 aliphatic rings. The van der Waals surface area contributed by atoms with Crippen LogP contribution in [-0.2, 0) is 13.2 Å². The van der Waals surface area contributed by atoms with Gasteiger partial charge < -0.3 is 15.6 Å². The fourth-order valence-electron chi connectivity index (χ4n) is 1.20. The van der Waals surface area contributed by atoms with E-state index in [1.165, 1.54) is 6.92 Å². The van der Waals surface area contributed by atoms with Crippen molar-refractivity contribution in [3.8, 4) is 5.75 Å². The van der Waals surface area contributed by atoms with Crippen LogP contribution in [0.4, 0.5) is 13.2 Å². The molecule has 0 spiro atoms. The maximum absolute atomic E-state index is 12.1. The number of alkyl halides is 3. The van der Waals surface area contributed by atoms with Gasteiger partial charge in [0.25, 0.3) is 0 Å². The number of aliphatic hydroxyl groups is 1. The summed E-state index contributed by atoms with van der Waals surface area (Å²) in [5.41, 5.74) is 5.90. The average molecular weight is 236 g/mol. The maximum atomic E-state index is 12.1. The van der Waals surface area contributed by atoms with E-state index >= 15 is 0 Å². The molecular weight excluding hydrogens is 225 g/mol. The van der Waals surface area contributed by atoms with Gasteiger partial charge in [-0.1, -0.05) is 0 Å². The van der Waals surface area contributed by atoms with E-state index in [4.69, 9.17) is 10.8 Å². The molecule has 0 bridgehead atoms. The zero-order valence-corrected chi connectivity index (χ0v) is 8.51. The molecule has 1 heterocycles. The quantitative estimate of drug-likeness (QED) is 0.828. The molecule has 0 fully saturated rings. The van der Waals surface area contributed by atoms with Crippen molar-refractivity contribution in [3.05, 3.63) is 23.0 Å². The summed E-state index contributed by atoms with van der Waals surface area (Å²) < 4.78 is 40.0. The third-order valence-corrected chi connectivity index (χ3v) is 1.96. The number of nitrogens with two attached hydrogens (primary N) is 1. The average Bonchev–Trinajstić information content (AvgIpc) is 2.19. The third-order valence-electron chi connectivity index (χ3n) is 1.96. The second-order valence-electron chi connectivity index (χ2n) is 3.09. The lowest BCUT2D eigenvalue weighted by Gasteiger charge is -2.14. The molecule has 0 amide bonds. The van der Waals surface area contributed by atoms with Crippen molar-refractivity contribution in [2.45, 2.75) is 26.4 Å². The van der Waals surface area contributed by atoms with Gasteiger partial charge in [0.05, 0.1) is 18.0 Å². The smallest absolute Gasteiger partial charge is 0.405 e. The Balaban J connectivity index is 3.16. The minimum absolute atomic E-state index is 0.0199. The lowest BCUT2D eigenvalue weighted by Crippen LogP contribution is -2.19. The Kier molecular flexibility index (Phi) is 3.71. The van der Waals surface area contributed by atoms with E-state index in [0.29, 0.717) is 0 Å². The summed E-state index contributed by atoms with van der Waals surface area (Å²) in [6, 6.07) is 1.04. The lowest BCUT2D eigenvalue weighted by molar-refractivity contribution is -0.274. The number of pyridine rings is 1. The predicted octanol–water partition coefficient (Wildman–Crippen LogP) is 1.24. The highest BCUT2D eigenvalue weighted by molar-refractivity contribution is 5.37. The molecule has 0 aromatic carbocycles. The SMILES string of the molecule is Cc1c(OC(F)(F)F)cc(CO)nc1CN. The number of aliphatic hydroxyl groups excluding tert-OH is 1. The van der Waals surface area contributed by atoms with Crippen LogP contribution in [-0.4, -0.2) is 16.5 Å². The van der Waals surface area contributed by atoms with Gasteiger partial charge in [-0.05, 0) is 6.92 Å². The van der Waals surface area contributed by atoms with E-state index in [2.05, 4.69) is 9.72 Å². The molecule has 1 aromatic rings. The van der Waals surface area contributed by atoms with Crippen molar-refractivity contribution >= 4 is 0 Å². The Morgan fingerprint density at radius 1 is 1.50 bits per heavy atom. The van der Waals surface area contributed by atoms with Gasteiger partial charge >= 0.3 is 6.36 Å². The molecule has 16 heavy (non-hydrogen) atoms. The highest BCUT2D eigenvalue weighted by atomic mass is 19.4. The zero-order chi connectivity index (χ0) is 12.3. The van der Waals surface area contributed by atoms with Gasteiger partial charge in [0.1, 0.15) is 5.75 Å². The van der Waals surface area contributed by atoms with Crippen LogP contribution in [0.3, 0.4) is 0 Å². The van der Waals surface area contributed by atoms with Crippen LogP contribution in [0.5, 0.6) is 5.75 Å². The van der Waals surface area contributed by atoms with Crippen molar-refractivity contribution in [2.24, 2.45) is 5.73 Å². The third kappa shape index (κ3) is 3.07. The van der Waals surface area contributed by atoms with E-state index in [1.54, 1.807) is 0 Å². The standard InChI is InChI=1S/C9H11F3N2O2/c1-5-7(3-13)14-6(4-15)2-8(5)16-9(10,11)12/h2,15H,3-4,13H2,1H3. The van der Waals surface area contributed by atoms with Gasteiger partial charge in [-0.2, -0.15) is 0 Å². The molecule has 0 saturated heterocycles. The molecular formula is C9H11F3N2O2. The molecule has 90 valence electrons. The Morgan fingerprint density at radius 2 is 2.12 bits per heavy atom. The van der Waals surface area contributed by atoms with Crippen LogP contribution in [0.2, 0.25) is 0 Å². The molecule has 0 atom stereocenters. The van der Waals surface area contributed by atoms with Crippen molar-refractivity contribution in [1.82, 2.24) is 4.98 Å². The highest BCUT2D eigenvalue weighted by Gasteiger charge is 2.32. The van der Waals surface area contributed by atoms with Crippen molar-refractivity contribution in [3.63, 3.8) is 0 Å². The van der Waals surface area contributed by atoms with Crippen LogP contribution in [0, 0.1) is 6.92 Å². The number of nitrogens with zero attached hydrogens (tertiary/aromatic N) is 1. The van der Waals surface area contributed by atoms with E-state index in [9.17, 15) is 13.2 Å². The highest BCUT2D eigenvalue weighted by Crippen LogP contribution is 2.28. The lowest BCUT2D eigenvalue weighted by atomic mass is 10.1. The Morgan fingerprint density at radius 3 is 2.56 bits per heavy atom. The number of ether oxygens (including phenoxy) is 1. The fraction of sp³-hybridized carbons (Fsp3) is 0.444. The maximum Gasteiger partial charge on any atom is 0.573 e. The molecule has 1 rings (SSSR count). The first kappa shape index (κ1) is 12.7. The molecule has 0 unspecified atom stereocenters. The predicted molar refractivity (Wildman–Crippen MR) is 49.5 cm³/mol. The number of hydrogen-bond acceptors (Lipinski definition) is 4. The van der Waals surface area contributed by atoms with E-state index in [1.807, 2.05) is 0 Å². The van der Waals surface area contributed by atoms with Gasteiger partial charge in [-0.3, -0.25) is 4.98 Å². The monoisotopic (exact) mass is 236 g/mol. The minimum Gasteiger partial charge on any atom is -0.405 e. The number of rotatable bonds is 3. The van der Waals surface area contributed by atoms with Crippen molar-refractivity contribution in [1.29, 1.82) is 0 Å². The molecule has 0 saturated carbocycles. The van der Waals surface area contributed by atoms with Crippen molar-refractivity contribution < 1.29 is 23.0 Å². The number of halogens is 3. The fourth-order valence-corrected chi connectivity index (χ4v) is 1.20. The molecule has 7 heteroatoms. The second-order valence-corrected chi connectivity index (χ2v) is 3.09. The summed E-state index contributed by atoms with van der Waals surface area (Å²) in [5, 5.41) is 8.83. The van der Waals surface area contributed by atoms with Crippen molar-refractivity contribution in [2.75, 3.05) is 0 Å². The molecule has 0 radical (unpaired) electrons. The molecule has 0 aliphatic carbocycles. The minimum atomic E-state index is -4.77.